The van der Waals surface area contributed by atoms with Crippen molar-refractivity contribution < 1.29 is 37.6 Å². The van der Waals surface area contributed by atoms with Gasteiger partial charge in [0.2, 0.25) is 0 Å². The summed E-state index contributed by atoms with van der Waals surface area (Å²) in [5.41, 5.74) is 1.11. The summed E-state index contributed by atoms with van der Waals surface area (Å²) < 4.78 is 58.5. The highest BCUT2D eigenvalue weighted by Gasteiger charge is 2.65. The molecule has 2 N–H and O–H groups in total. The van der Waals surface area contributed by atoms with Crippen LogP contribution in [0, 0.1) is 23.2 Å². The van der Waals surface area contributed by atoms with Crippen LogP contribution >= 0.6 is 0 Å². The van der Waals surface area contributed by atoms with E-state index in [9.17, 15) is 23.4 Å². The summed E-state index contributed by atoms with van der Waals surface area (Å²) in [6.07, 6.45) is -3.11. The number of benzene rings is 1. The second-order valence-corrected chi connectivity index (χ2v) is 11.7. The van der Waals surface area contributed by atoms with Crippen LogP contribution in [0.15, 0.2) is 34.5 Å². The van der Waals surface area contributed by atoms with Crippen molar-refractivity contribution in [1.29, 1.82) is 0 Å². The number of aliphatic hydroxyl groups is 2. The zero-order valence-corrected chi connectivity index (χ0v) is 21.3. The first-order chi connectivity index (χ1) is 17.5. The van der Waals surface area contributed by atoms with Crippen LogP contribution in [0.4, 0.5) is 13.2 Å². The fraction of sp³-hybridized carbons (Fsp3) is 0.679. The normalized spacial score (nSPS) is 34.0. The first-order valence-electron chi connectivity index (χ1n) is 13.2. The number of ether oxygens (including phenoxy) is 3. The van der Waals surface area contributed by atoms with E-state index in [2.05, 4.69) is 0 Å². The smallest absolute Gasteiger partial charge is 0.419 e. The molecule has 202 valence electrons. The van der Waals surface area contributed by atoms with Crippen LogP contribution in [0.5, 0.6) is 5.75 Å². The number of halogens is 3. The quantitative estimate of drug-likeness (QED) is 0.595. The van der Waals surface area contributed by atoms with Crippen LogP contribution < -0.4 is 4.74 Å². The van der Waals surface area contributed by atoms with Crippen molar-refractivity contribution in [2.24, 2.45) is 28.2 Å². The highest BCUT2D eigenvalue weighted by atomic mass is 19.4. The van der Waals surface area contributed by atoms with Gasteiger partial charge >= 0.3 is 6.18 Å². The molecule has 6 nitrogen and oxygen atoms in total. The van der Waals surface area contributed by atoms with Crippen molar-refractivity contribution in [1.82, 2.24) is 0 Å². The minimum Gasteiger partial charge on any atom is -0.496 e. The molecule has 0 amide bonds. The average molecular weight is 522 g/mol. The molecule has 2 aliphatic carbocycles. The zero-order chi connectivity index (χ0) is 26.3. The third kappa shape index (κ3) is 3.79. The van der Waals surface area contributed by atoms with Gasteiger partial charge in [0.1, 0.15) is 11.9 Å². The summed E-state index contributed by atoms with van der Waals surface area (Å²) >= 11 is 0. The van der Waals surface area contributed by atoms with Crippen molar-refractivity contribution >= 4 is 5.71 Å². The molecule has 2 saturated heterocycles. The Morgan fingerprint density at radius 2 is 1.81 bits per heavy atom. The predicted molar refractivity (Wildman–Crippen MR) is 129 cm³/mol. The number of fused-ring (bicyclic) bond motifs is 4. The number of aliphatic imine (C=N–C) groups is 1. The Kier molecular flexibility index (Phi) is 5.84. The van der Waals surface area contributed by atoms with E-state index in [-0.39, 0.29) is 23.0 Å². The molecule has 1 aromatic rings. The first kappa shape index (κ1) is 25.3. The maximum atomic E-state index is 13.6. The molecular weight excluding hydrogens is 487 g/mol. The number of nitrogens with zero attached hydrogens (tertiary/aromatic N) is 1. The first-order valence-corrected chi connectivity index (χ1v) is 13.2. The van der Waals surface area contributed by atoms with Crippen LogP contribution in [0.25, 0.3) is 0 Å². The summed E-state index contributed by atoms with van der Waals surface area (Å²) in [7, 11) is 1.23. The number of allylic oxidation sites excluding steroid dienone is 1. The van der Waals surface area contributed by atoms with Crippen molar-refractivity contribution in [2.45, 2.75) is 76.0 Å². The molecule has 4 fully saturated rings. The fourth-order valence-corrected chi connectivity index (χ4v) is 7.31. The summed E-state index contributed by atoms with van der Waals surface area (Å²) in [5.74, 6) is -0.920. The second kappa shape index (κ2) is 8.53. The number of rotatable bonds is 3. The van der Waals surface area contributed by atoms with Crippen molar-refractivity contribution in [3.8, 4) is 5.75 Å². The molecule has 3 heterocycles. The summed E-state index contributed by atoms with van der Waals surface area (Å²) in [6.45, 7) is 5.04. The third-order valence-electron chi connectivity index (χ3n) is 9.29. The van der Waals surface area contributed by atoms with Gasteiger partial charge in [-0.05, 0) is 48.4 Å². The molecule has 2 saturated carbocycles. The van der Waals surface area contributed by atoms with E-state index in [1.807, 2.05) is 13.8 Å². The molecule has 9 heteroatoms. The van der Waals surface area contributed by atoms with Gasteiger partial charge < -0.3 is 24.4 Å². The maximum Gasteiger partial charge on any atom is 0.419 e. The Hall–Kier alpha value is -1.94. The number of methoxy groups -OCH3 is 1. The molecule has 0 radical (unpaired) electrons. The van der Waals surface area contributed by atoms with Gasteiger partial charge in [0, 0.05) is 49.0 Å². The standard InChI is InChI=1S/C28H34F3NO5/c1-14(2)22-20-21(19-17(33)13-26(6-7-26)25(34)23(19)32-22)27(8-10-36-11-9-27)37-24(20)15-4-5-16(28(29,30)31)18(12-15)35-3/h4-5,12,14,17,19,21,24-25,33-34H,6-11,13H2,1-3H3/t17?,19?,21?,24-,25+/m1/s1. The van der Waals surface area contributed by atoms with E-state index < -0.39 is 41.6 Å². The minimum absolute atomic E-state index is 0.00944. The molecule has 1 aromatic carbocycles. The van der Waals surface area contributed by atoms with Crippen molar-refractivity contribution in [3.05, 3.63) is 40.6 Å². The molecule has 3 aliphatic heterocycles. The van der Waals surface area contributed by atoms with Gasteiger partial charge in [0.05, 0.1) is 36.2 Å². The Balaban J connectivity index is 1.54. The minimum atomic E-state index is -4.54. The lowest BCUT2D eigenvalue weighted by molar-refractivity contribution is -0.139. The number of aliphatic hydroxyl groups excluding tert-OH is 2. The van der Waals surface area contributed by atoms with Gasteiger partial charge in [-0.3, -0.25) is 4.99 Å². The van der Waals surface area contributed by atoms with E-state index in [1.54, 1.807) is 0 Å². The van der Waals surface area contributed by atoms with E-state index in [0.29, 0.717) is 43.8 Å². The molecule has 0 aromatic heterocycles. The molecule has 0 bridgehead atoms. The lowest BCUT2D eigenvalue weighted by Gasteiger charge is -2.49. The number of alkyl halides is 3. The lowest BCUT2D eigenvalue weighted by atomic mass is 9.60. The van der Waals surface area contributed by atoms with E-state index in [4.69, 9.17) is 19.2 Å². The molecule has 5 atom stereocenters. The van der Waals surface area contributed by atoms with Crippen LogP contribution in [-0.2, 0) is 15.7 Å². The molecule has 5 aliphatic rings. The van der Waals surface area contributed by atoms with Crippen LogP contribution in [0.2, 0.25) is 0 Å². The lowest BCUT2D eigenvalue weighted by Crippen LogP contribution is -2.57. The summed E-state index contributed by atoms with van der Waals surface area (Å²) in [4.78, 5) is 5.03. The van der Waals surface area contributed by atoms with E-state index >= 15 is 0 Å². The zero-order valence-electron chi connectivity index (χ0n) is 21.3. The Morgan fingerprint density at radius 3 is 2.41 bits per heavy atom. The van der Waals surface area contributed by atoms with E-state index in [0.717, 1.165) is 30.2 Å². The van der Waals surface area contributed by atoms with Gasteiger partial charge in [-0.2, -0.15) is 13.2 Å². The largest absolute Gasteiger partial charge is 0.496 e. The van der Waals surface area contributed by atoms with E-state index in [1.165, 1.54) is 19.2 Å². The van der Waals surface area contributed by atoms with Crippen LogP contribution in [0.1, 0.15) is 63.2 Å². The highest BCUT2D eigenvalue weighted by Crippen LogP contribution is 2.64. The molecule has 37 heavy (non-hydrogen) atoms. The highest BCUT2D eigenvalue weighted by molar-refractivity contribution is 5.96. The fourth-order valence-electron chi connectivity index (χ4n) is 7.31. The van der Waals surface area contributed by atoms with Crippen molar-refractivity contribution in [3.63, 3.8) is 0 Å². The number of hydrogen-bond acceptors (Lipinski definition) is 6. The Bertz CT molecular complexity index is 1150. The predicted octanol–water partition coefficient (Wildman–Crippen LogP) is 4.84. The van der Waals surface area contributed by atoms with Crippen molar-refractivity contribution in [2.75, 3.05) is 20.3 Å². The van der Waals surface area contributed by atoms with Gasteiger partial charge in [0.15, 0.2) is 0 Å². The number of hydrogen-bond donors (Lipinski definition) is 2. The Morgan fingerprint density at radius 1 is 1.11 bits per heavy atom. The molecule has 3 unspecified atom stereocenters. The summed E-state index contributed by atoms with van der Waals surface area (Å²) in [6, 6.07) is 3.92. The Labute approximate surface area is 214 Å². The van der Waals surface area contributed by atoms with Gasteiger partial charge in [-0.25, -0.2) is 0 Å². The third-order valence-corrected chi connectivity index (χ3v) is 9.29. The second-order valence-electron chi connectivity index (χ2n) is 11.7. The molecule has 2 spiro atoms. The van der Waals surface area contributed by atoms with Gasteiger partial charge in [-0.15, -0.1) is 0 Å². The van der Waals surface area contributed by atoms with Gasteiger partial charge in [0.25, 0.3) is 0 Å². The maximum absolute atomic E-state index is 13.6. The van der Waals surface area contributed by atoms with Crippen LogP contribution in [-0.4, -0.2) is 54.1 Å². The average Bonchev–Trinajstić information content (AvgIpc) is 3.57. The molecular formula is C28H34F3NO5. The molecule has 6 rings (SSSR count). The van der Waals surface area contributed by atoms with Crippen LogP contribution in [0.3, 0.4) is 0 Å². The SMILES string of the molecule is COc1cc([C@H]2OC3(CCOCC3)C3C2=C(C(C)C)N=C2C3C(O)CC3(CC3)[C@H]2O)ccc1C(F)(F)F. The monoisotopic (exact) mass is 521 g/mol. The summed E-state index contributed by atoms with van der Waals surface area (Å²) in [5, 5.41) is 22.9. The van der Waals surface area contributed by atoms with Gasteiger partial charge in [-0.1, -0.05) is 19.9 Å². The topological polar surface area (TPSA) is 80.5 Å².